The van der Waals surface area contributed by atoms with Crippen molar-refractivity contribution in [3.8, 4) is 5.75 Å². The molecule has 1 atom stereocenters. The number of benzene rings is 2. The quantitative estimate of drug-likeness (QED) is 0.448. The summed E-state index contributed by atoms with van der Waals surface area (Å²) in [5, 5.41) is 3.00. The number of nitrogens with two attached hydrogens (primary N) is 1. The number of carbonyl (C=O) groups is 1. The zero-order valence-corrected chi connectivity index (χ0v) is 17.4. The molecule has 0 saturated heterocycles. The van der Waals surface area contributed by atoms with Gasteiger partial charge in [0.2, 0.25) is 0 Å². The van der Waals surface area contributed by atoms with E-state index >= 15 is 0 Å². The summed E-state index contributed by atoms with van der Waals surface area (Å²) in [4.78, 5) is 28.5. The molecule has 158 valence electrons. The number of nitrogens with one attached hydrogen (secondary N) is 2. The number of carbonyl (C=O) groups excluding carboxylic acids is 1. The monoisotopic (exact) mass is 416 g/mol. The van der Waals surface area contributed by atoms with Crippen LogP contribution in [0.1, 0.15) is 34.6 Å². The van der Waals surface area contributed by atoms with Gasteiger partial charge in [0.15, 0.2) is 6.10 Å². The van der Waals surface area contributed by atoms with E-state index in [1.807, 2.05) is 67.6 Å². The van der Waals surface area contributed by atoms with Crippen LogP contribution in [0.5, 0.6) is 5.75 Å². The van der Waals surface area contributed by atoms with Gasteiger partial charge in [0.05, 0.1) is 16.6 Å². The summed E-state index contributed by atoms with van der Waals surface area (Å²) in [5.41, 5.74) is 8.38. The van der Waals surface area contributed by atoms with Crippen molar-refractivity contribution >= 4 is 22.5 Å². The first-order chi connectivity index (χ1) is 15.0. The summed E-state index contributed by atoms with van der Waals surface area (Å²) in [5.74, 6) is 0.325. The summed E-state index contributed by atoms with van der Waals surface area (Å²) >= 11 is 0. The average Bonchev–Trinajstić information content (AvgIpc) is 3.14. The number of pyridine rings is 1. The minimum absolute atomic E-state index is 0.134. The van der Waals surface area contributed by atoms with Gasteiger partial charge in [-0.25, -0.2) is 0 Å². The molecule has 0 aliphatic heterocycles. The van der Waals surface area contributed by atoms with Crippen molar-refractivity contribution in [1.82, 2.24) is 14.9 Å². The normalized spacial score (nSPS) is 11.9. The number of H-pyrrole nitrogens is 1. The molecule has 2 aromatic heterocycles. The first-order valence-corrected chi connectivity index (χ1v) is 10.1. The number of fused-ring (bicyclic) bond motifs is 1. The van der Waals surface area contributed by atoms with Crippen LogP contribution < -0.4 is 21.3 Å². The Labute approximate surface area is 179 Å². The molecule has 1 unspecified atom stereocenters. The lowest BCUT2D eigenvalue weighted by Crippen LogP contribution is -2.24. The van der Waals surface area contributed by atoms with Gasteiger partial charge in [0, 0.05) is 25.4 Å². The SMILES string of the molecule is CCNC(=O)c1[nH]c2c(C(Oc3ccccc3)c3ccccc3)cn(C)c(=O)c2c1N. The van der Waals surface area contributed by atoms with E-state index in [1.54, 1.807) is 13.2 Å². The van der Waals surface area contributed by atoms with Crippen LogP contribution in [0.4, 0.5) is 5.69 Å². The summed E-state index contributed by atoms with van der Waals surface area (Å²) in [6.07, 6.45) is 1.20. The maximum atomic E-state index is 12.9. The Morgan fingerprint density at radius 2 is 1.77 bits per heavy atom. The van der Waals surface area contributed by atoms with E-state index in [0.29, 0.717) is 23.4 Å². The zero-order chi connectivity index (χ0) is 22.0. The van der Waals surface area contributed by atoms with Crippen molar-refractivity contribution in [3.05, 3.63) is 94.0 Å². The van der Waals surface area contributed by atoms with Crippen molar-refractivity contribution in [2.24, 2.45) is 7.05 Å². The fraction of sp³-hybridized carbons (Fsp3) is 0.167. The van der Waals surface area contributed by atoms with Gasteiger partial charge in [0.1, 0.15) is 11.4 Å². The van der Waals surface area contributed by atoms with E-state index in [-0.39, 0.29) is 28.2 Å². The second-order valence-corrected chi connectivity index (χ2v) is 7.25. The highest BCUT2D eigenvalue weighted by molar-refractivity contribution is 6.07. The number of ether oxygens (including phenoxy) is 1. The number of aromatic nitrogens is 2. The number of para-hydroxylation sites is 1. The van der Waals surface area contributed by atoms with Crippen LogP contribution in [0.3, 0.4) is 0 Å². The molecule has 31 heavy (non-hydrogen) atoms. The molecule has 0 radical (unpaired) electrons. The number of amides is 1. The largest absolute Gasteiger partial charge is 0.481 e. The van der Waals surface area contributed by atoms with Crippen LogP contribution in [0.15, 0.2) is 71.7 Å². The molecule has 0 spiro atoms. The number of nitrogen functional groups attached to an aromatic ring is 1. The topological polar surface area (TPSA) is 102 Å². The lowest BCUT2D eigenvalue weighted by Gasteiger charge is -2.21. The Kier molecular flexibility index (Phi) is 5.49. The Balaban J connectivity index is 1.96. The van der Waals surface area contributed by atoms with Gasteiger partial charge >= 0.3 is 0 Å². The maximum absolute atomic E-state index is 12.9. The molecular weight excluding hydrogens is 392 g/mol. The fourth-order valence-corrected chi connectivity index (χ4v) is 3.66. The molecule has 0 aliphatic rings. The molecule has 0 aliphatic carbocycles. The molecule has 0 saturated carbocycles. The van der Waals surface area contributed by atoms with Crippen LogP contribution in [-0.4, -0.2) is 22.0 Å². The highest BCUT2D eigenvalue weighted by Gasteiger charge is 2.26. The van der Waals surface area contributed by atoms with Crippen LogP contribution >= 0.6 is 0 Å². The van der Waals surface area contributed by atoms with Crippen LogP contribution in [0.2, 0.25) is 0 Å². The predicted molar refractivity (Wildman–Crippen MR) is 121 cm³/mol. The van der Waals surface area contributed by atoms with E-state index < -0.39 is 6.10 Å². The van der Waals surface area contributed by atoms with Crippen molar-refractivity contribution in [2.75, 3.05) is 12.3 Å². The van der Waals surface area contributed by atoms with Gasteiger partial charge in [-0.3, -0.25) is 9.59 Å². The smallest absolute Gasteiger partial charge is 0.269 e. The molecule has 2 heterocycles. The molecule has 0 bridgehead atoms. The van der Waals surface area contributed by atoms with Crippen LogP contribution in [-0.2, 0) is 7.05 Å². The first-order valence-electron chi connectivity index (χ1n) is 10.1. The van der Waals surface area contributed by atoms with Gasteiger partial charge in [-0.05, 0) is 24.6 Å². The maximum Gasteiger partial charge on any atom is 0.269 e. The number of hydrogen-bond donors (Lipinski definition) is 3. The van der Waals surface area contributed by atoms with E-state index in [4.69, 9.17) is 10.5 Å². The Hall–Kier alpha value is -4.00. The molecule has 0 fully saturated rings. The molecular formula is C24H24N4O3. The Morgan fingerprint density at radius 1 is 1.13 bits per heavy atom. The zero-order valence-electron chi connectivity index (χ0n) is 17.4. The standard InChI is InChI=1S/C24H24N4O3/c1-3-26-23(29)21-19(25)18-20(27-21)17(14-28(2)24(18)30)22(15-10-6-4-7-11-15)31-16-12-8-5-9-13-16/h4-14,22,27H,3,25H2,1-2H3,(H,26,29). The lowest BCUT2D eigenvalue weighted by atomic mass is 10.0. The van der Waals surface area contributed by atoms with Gasteiger partial charge < -0.3 is 25.3 Å². The number of anilines is 1. The molecule has 7 nitrogen and oxygen atoms in total. The van der Waals surface area contributed by atoms with E-state index in [0.717, 1.165) is 5.56 Å². The fourth-order valence-electron chi connectivity index (χ4n) is 3.66. The summed E-state index contributed by atoms with van der Waals surface area (Å²) in [6.45, 7) is 2.27. The summed E-state index contributed by atoms with van der Waals surface area (Å²) < 4.78 is 7.84. The molecule has 7 heteroatoms. The number of aryl methyl sites for hydroxylation is 1. The van der Waals surface area contributed by atoms with Crippen LogP contribution in [0, 0.1) is 0 Å². The molecule has 2 aromatic carbocycles. The first kappa shape index (κ1) is 20.3. The highest BCUT2D eigenvalue weighted by Crippen LogP contribution is 2.34. The number of hydrogen-bond acceptors (Lipinski definition) is 4. The second kappa shape index (κ2) is 8.39. The van der Waals surface area contributed by atoms with Gasteiger partial charge in [-0.15, -0.1) is 0 Å². The lowest BCUT2D eigenvalue weighted by molar-refractivity contribution is 0.0952. The molecule has 4 aromatic rings. The minimum atomic E-state index is -0.530. The second-order valence-electron chi connectivity index (χ2n) is 7.25. The molecule has 4 N–H and O–H groups in total. The number of rotatable bonds is 6. The van der Waals surface area contributed by atoms with Crippen molar-refractivity contribution in [3.63, 3.8) is 0 Å². The van der Waals surface area contributed by atoms with Crippen LogP contribution in [0.25, 0.3) is 10.9 Å². The molecule has 4 rings (SSSR count). The van der Waals surface area contributed by atoms with Gasteiger partial charge in [0.25, 0.3) is 11.5 Å². The highest BCUT2D eigenvalue weighted by atomic mass is 16.5. The summed E-state index contributed by atoms with van der Waals surface area (Å²) in [6, 6.07) is 19.2. The number of aromatic amines is 1. The third-order valence-corrected chi connectivity index (χ3v) is 5.14. The third-order valence-electron chi connectivity index (χ3n) is 5.14. The minimum Gasteiger partial charge on any atom is -0.481 e. The molecule has 1 amide bonds. The number of nitrogens with zero attached hydrogens (tertiary/aromatic N) is 1. The average molecular weight is 416 g/mol. The van der Waals surface area contributed by atoms with Gasteiger partial charge in [-0.2, -0.15) is 0 Å². The summed E-state index contributed by atoms with van der Waals surface area (Å²) in [7, 11) is 1.66. The van der Waals surface area contributed by atoms with E-state index in [1.165, 1.54) is 4.57 Å². The van der Waals surface area contributed by atoms with E-state index in [9.17, 15) is 9.59 Å². The predicted octanol–water partition coefficient (Wildman–Crippen LogP) is 3.37. The third kappa shape index (κ3) is 3.77. The van der Waals surface area contributed by atoms with E-state index in [2.05, 4.69) is 10.3 Å². The van der Waals surface area contributed by atoms with Gasteiger partial charge in [-0.1, -0.05) is 48.5 Å². The Morgan fingerprint density at radius 3 is 2.42 bits per heavy atom. The van der Waals surface area contributed by atoms with Crippen molar-refractivity contribution in [2.45, 2.75) is 13.0 Å². The van der Waals surface area contributed by atoms with Crippen molar-refractivity contribution < 1.29 is 9.53 Å². The Bertz CT molecular complexity index is 1280. The van der Waals surface area contributed by atoms with Crippen molar-refractivity contribution in [1.29, 1.82) is 0 Å².